The smallest absolute Gasteiger partial charge is 0.123 e. The van der Waals surface area contributed by atoms with Crippen molar-refractivity contribution in [3.8, 4) is 5.75 Å². The number of halogens is 2. The van der Waals surface area contributed by atoms with E-state index in [2.05, 4.69) is 28.0 Å². The predicted octanol–water partition coefficient (Wildman–Crippen LogP) is 4.10. The Morgan fingerprint density at radius 3 is 2.48 bits per heavy atom. The van der Waals surface area contributed by atoms with E-state index in [4.69, 9.17) is 4.74 Å². The number of aryl methyl sites for hydroxylation is 1. The van der Waals surface area contributed by atoms with Crippen LogP contribution < -0.4 is 4.74 Å². The minimum absolute atomic E-state index is 0. The molecule has 0 radical (unpaired) electrons. The molecule has 2 aromatic rings. The van der Waals surface area contributed by atoms with Crippen molar-refractivity contribution >= 4 is 12.4 Å². The number of piperazine rings is 1. The first kappa shape index (κ1) is 20.1. The molecule has 1 saturated heterocycles. The number of rotatable bonds is 5. The zero-order chi connectivity index (χ0) is 17.9. The van der Waals surface area contributed by atoms with Gasteiger partial charge in [-0.05, 0) is 60.2 Å². The maximum Gasteiger partial charge on any atom is 0.123 e. The molecule has 3 nitrogen and oxygen atoms in total. The summed E-state index contributed by atoms with van der Waals surface area (Å²) in [6, 6.07) is 14.0. The molecule has 0 bridgehead atoms. The molecule has 1 atom stereocenters. The highest BCUT2D eigenvalue weighted by Gasteiger charge is 2.30. The minimum atomic E-state index is -0.157. The van der Waals surface area contributed by atoms with Crippen LogP contribution in [0.3, 0.4) is 0 Å². The number of fused-ring (bicyclic) bond motifs is 1. The largest absolute Gasteiger partial charge is 0.497 e. The Hall–Kier alpha value is -1.62. The summed E-state index contributed by atoms with van der Waals surface area (Å²) >= 11 is 0. The highest BCUT2D eigenvalue weighted by Crippen LogP contribution is 2.38. The lowest BCUT2D eigenvalue weighted by molar-refractivity contribution is 0.0966. The number of hydrogen-bond acceptors (Lipinski definition) is 3. The van der Waals surface area contributed by atoms with E-state index in [-0.39, 0.29) is 18.2 Å². The van der Waals surface area contributed by atoms with Crippen molar-refractivity contribution in [3.63, 3.8) is 0 Å². The summed E-state index contributed by atoms with van der Waals surface area (Å²) in [6.45, 7) is 5.50. The van der Waals surface area contributed by atoms with Gasteiger partial charge in [-0.1, -0.05) is 18.2 Å². The van der Waals surface area contributed by atoms with E-state index in [1.165, 1.54) is 29.5 Å². The molecule has 0 spiro atoms. The molecule has 1 aliphatic carbocycles. The standard InChI is InChI=1S/C22H27FN2O.ClH/c1-26-20-8-4-18-5-9-22(21(18)16-20)25-14-12-24(13-15-25)11-10-17-2-6-19(23)7-3-17;/h2-4,6-8,16,22H,5,9-15H2,1H3;1H. The van der Waals surface area contributed by atoms with E-state index in [9.17, 15) is 4.39 Å². The first-order chi connectivity index (χ1) is 12.7. The SMILES string of the molecule is COc1ccc2c(c1)C(N1CCN(CCc3ccc(F)cc3)CC1)CC2.Cl. The Morgan fingerprint density at radius 1 is 1.04 bits per heavy atom. The van der Waals surface area contributed by atoms with Gasteiger partial charge in [-0.3, -0.25) is 4.90 Å². The molecule has 0 amide bonds. The van der Waals surface area contributed by atoms with E-state index in [0.717, 1.165) is 44.9 Å². The van der Waals surface area contributed by atoms with Crippen molar-refractivity contribution in [2.75, 3.05) is 39.8 Å². The molecule has 0 aromatic heterocycles. The van der Waals surface area contributed by atoms with Gasteiger partial charge in [0.25, 0.3) is 0 Å². The summed E-state index contributed by atoms with van der Waals surface area (Å²) in [7, 11) is 1.74. The summed E-state index contributed by atoms with van der Waals surface area (Å²) in [4.78, 5) is 5.17. The van der Waals surface area contributed by atoms with E-state index >= 15 is 0 Å². The Bertz CT molecular complexity index is 744. The van der Waals surface area contributed by atoms with Gasteiger partial charge >= 0.3 is 0 Å². The van der Waals surface area contributed by atoms with Gasteiger partial charge in [0, 0.05) is 38.8 Å². The van der Waals surface area contributed by atoms with Gasteiger partial charge in [-0.15, -0.1) is 12.4 Å². The monoisotopic (exact) mass is 390 g/mol. The van der Waals surface area contributed by atoms with Crippen LogP contribution in [-0.4, -0.2) is 49.6 Å². The van der Waals surface area contributed by atoms with Gasteiger partial charge < -0.3 is 9.64 Å². The molecule has 0 saturated carbocycles. The molecular weight excluding hydrogens is 363 g/mol. The molecule has 1 heterocycles. The fourth-order valence-electron chi connectivity index (χ4n) is 4.30. The maximum atomic E-state index is 13.0. The number of methoxy groups -OCH3 is 1. The Morgan fingerprint density at radius 2 is 1.78 bits per heavy atom. The second kappa shape index (κ2) is 9.05. The average molecular weight is 391 g/mol. The average Bonchev–Trinajstić information content (AvgIpc) is 3.11. The Kier molecular flexibility index (Phi) is 6.74. The first-order valence-electron chi connectivity index (χ1n) is 9.60. The molecule has 2 aromatic carbocycles. The molecule has 0 N–H and O–H groups in total. The normalized spacial score (nSPS) is 20.1. The Labute approximate surface area is 167 Å². The molecule has 2 aliphatic rings. The quantitative estimate of drug-likeness (QED) is 0.764. The maximum absolute atomic E-state index is 13.0. The molecule has 146 valence electrons. The molecule has 1 fully saturated rings. The van der Waals surface area contributed by atoms with Crippen molar-refractivity contribution in [2.24, 2.45) is 0 Å². The van der Waals surface area contributed by atoms with Crippen molar-refractivity contribution in [1.82, 2.24) is 9.80 Å². The number of ether oxygens (including phenoxy) is 1. The molecular formula is C22H28ClFN2O. The van der Waals surface area contributed by atoms with Gasteiger partial charge in [-0.2, -0.15) is 0 Å². The lowest BCUT2D eigenvalue weighted by Gasteiger charge is -2.38. The minimum Gasteiger partial charge on any atom is -0.497 e. The molecule has 1 unspecified atom stereocenters. The fourth-order valence-corrected chi connectivity index (χ4v) is 4.30. The summed E-state index contributed by atoms with van der Waals surface area (Å²) in [5, 5.41) is 0. The van der Waals surface area contributed by atoms with Crippen molar-refractivity contribution in [3.05, 3.63) is 65.0 Å². The first-order valence-corrected chi connectivity index (χ1v) is 9.60. The van der Waals surface area contributed by atoms with Crippen LogP contribution in [-0.2, 0) is 12.8 Å². The lowest BCUT2D eigenvalue weighted by atomic mass is 10.1. The number of nitrogens with zero attached hydrogens (tertiary/aromatic N) is 2. The van der Waals surface area contributed by atoms with Crippen molar-refractivity contribution < 1.29 is 9.13 Å². The number of hydrogen-bond donors (Lipinski definition) is 0. The van der Waals surface area contributed by atoms with E-state index < -0.39 is 0 Å². The molecule has 1 aliphatic heterocycles. The van der Waals surface area contributed by atoms with Crippen LogP contribution in [0.25, 0.3) is 0 Å². The molecule has 5 heteroatoms. The van der Waals surface area contributed by atoms with Crippen LogP contribution >= 0.6 is 12.4 Å². The van der Waals surface area contributed by atoms with Gasteiger partial charge in [0.1, 0.15) is 11.6 Å². The fraction of sp³-hybridized carbons (Fsp3) is 0.455. The van der Waals surface area contributed by atoms with Gasteiger partial charge in [0.05, 0.1) is 7.11 Å². The third-order valence-corrected chi connectivity index (χ3v) is 5.88. The van der Waals surface area contributed by atoms with Crippen LogP contribution in [0.4, 0.5) is 4.39 Å². The second-order valence-corrected chi connectivity index (χ2v) is 7.37. The summed E-state index contributed by atoms with van der Waals surface area (Å²) in [6.07, 6.45) is 3.39. The third-order valence-electron chi connectivity index (χ3n) is 5.88. The van der Waals surface area contributed by atoms with Gasteiger partial charge in [0.15, 0.2) is 0 Å². The van der Waals surface area contributed by atoms with E-state index in [1.54, 1.807) is 19.2 Å². The summed E-state index contributed by atoms with van der Waals surface area (Å²) in [5.74, 6) is 0.810. The van der Waals surface area contributed by atoms with Crippen molar-refractivity contribution in [2.45, 2.75) is 25.3 Å². The van der Waals surface area contributed by atoms with Crippen LogP contribution in [0.5, 0.6) is 5.75 Å². The topological polar surface area (TPSA) is 15.7 Å². The van der Waals surface area contributed by atoms with Gasteiger partial charge in [0.2, 0.25) is 0 Å². The molecule has 27 heavy (non-hydrogen) atoms. The number of benzene rings is 2. The van der Waals surface area contributed by atoms with Crippen molar-refractivity contribution in [1.29, 1.82) is 0 Å². The van der Waals surface area contributed by atoms with Crippen LogP contribution in [0.15, 0.2) is 42.5 Å². The third kappa shape index (κ3) is 4.63. The predicted molar refractivity (Wildman–Crippen MR) is 109 cm³/mol. The van der Waals surface area contributed by atoms with E-state index in [1.807, 2.05) is 12.1 Å². The second-order valence-electron chi connectivity index (χ2n) is 7.37. The van der Waals surface area contributed by atoms with E-state index in [0.29, 0.717) is 6.04 Å². The lowest BCUT2D eigenvalue weighted by Crippen LogP contribution is -2.47. The van der Waals surface area contributed by atoms with Gasteiger partial charge in [-0.25, -0.2) is 4.39 Å². The highest BCUT2D eigenvalue weighted by atomic mass is 35.5. The zero-order valence-electron chi connectivity index (χ0n) is 15.9. The summed E-state index contributed by atoms with van der Waals surface area (Å²) in [5.41, 5.74) is 4.16. The summed E-state index contributed by atoms with van der Waals surface area (Å²) < 4.78 is 18.4. The van der Waals surface area contributed by atoms with Crippen LogP contribution in [0.1, 0.15) is 29.2 Å². The van der Waals surface area contributed by atoms with Crippen LogP contribution in [0, 0.1) is 5.82 Å². The van der Waals surface area contributed by atoms with Crippen LogP contribution in [0.2, 0.25) is 0 Å². The Balaban J connectivity index is 0.00000210. The highest BCUT2D eigenvalue weighted by molar-refractivity contribution is 5.85. The molecule has 4 rings (SSSR count). The zero-order valence-corrected chi connectivity index (χ0v) is 16.7.